The van der Waals surface area contributed by atoms with E-state index in [4.69, 9.17) is 19.3 Å². The Balaban J connectivity index is 2.24. The third kappa shape index (κ3) is 6.13. The molecule has 7 nitrogen and oxygen atoms in total. The summed E-state index contributed by atoms with van der Waals surface area (Å²) in [6.07, 6.45) is -0.897. The third-order valence-corrected chi connectivity index (χ3v) is 2.57. The van der Waals surface area contributed by atoms with E-state index in [9.17, 15) is 9.59 Å². The summed E-state index contributed by atoms with van der Waals surface area (Å²) in [5.74, 6) is -0.344. The molecule has 0 spiro atoms. The average molecular weight is 297 g/mol. The topological polar surface area (TPSA) is 94.1 Å². The maximum atomic E-state index is 11.5. The highest BCUT2D eigenvalue weighted by Gasteiger charge is 2.11. The van der Waals surface area contributed by atoms with Gasteiger partial charge in [0, 0.05) is 6.54 Å². The molecule has 1 rings (SSSR count). The average Bonchev–Trinajstić information content (AvgIpc) is 2.49. The lowest BCUT2D eigenvalue weighted by Crippen LogP contribution is -2.33. The molecule has 0 saturated heterocycles. The lowest BCUT2D eigenvalue weighted by molar-refractivity contribution is -0.149. The van der Waals surface area contributed by atoms with Crippen LogP contribution in [0.2, 0.25) is 0 Å². The minimum absolute atomic E-state index is 0.119. The first-order chi connectivity index (χ1) is 10.0. The van der Waals surface area contributed by atoms with Gasteiger partial charge in [0.2, 0.25) is 0 Å². The van der Waals surface area contributed by atoms with Crippen LogP contribution in [0.1, 0.15) is 6.92 Å². The molecule has 0 fully saturated rings. The lowest BCUT2D eigenvalue weighted by Gasteiger charge is -2.11. The second-order valence-electron chi connectivity index (χ2n) is 4.14. The van der Waals surface area contributed by atoms with Gasteiger partial charge in [0.1, 0.15) is 0 Å². The van der Waals surface area contributed by atoms with Crippen molar-refractivity contribution < 1.29 is 28.9 Å². The van der Waals surface area contributed by atoms with Crippen LogP contribution in [-0.4, -0.2) is 50.0 Å². The number of nitrogens with one attached hydrogen (secondary N) is 1. The number of hydrogen-bond acceptors (Lipinski definition) is 5. The SMILES string of the molecule is COc1ccccc1OCC(=O)NCCOC(C)C(=O)O. The molecule has 0 aromatic heterocycles. The predicted molar refractivity (Wildman–Crippen MR) is 74.5 cm³/mol. The highest BCUT2D eigenvalue weighted by atomic mass is 16.5. The summed E-state index contributed by atoms with van der Waals surface area (Å²) in [5.41, 5.74) is 0. The van der Waals surface area contributed by atoms with Crippen LogP contribution in [0.25, 0.3) is 0 Å². The van der Waals surface area contributed by atoms with E-state index in [0.717, 1.165) is 0 Å². The minimum atomic E-state index is -1.04. The Morgan fingerprint density at radius 3 is 2.57 bits per heavy atom. The molecule has 0 aliphatic heterocycles. The van der Waals surface area contributed by atoms with E-state index >= 15 is 0 Å². The van der Waals surface area contributed by atoms with E-state index in [1.807, 2.05) is 0 Å². The molecule has 0 aliphatic carbocycles. The normalized spacial score (nSPS) is 11.5. The van der Waals surface area contributed by atoms with Crippen molar-refractivity contribution in [2.45, 2.75) is 13.0 Å². The van der Waals surface area contributed by atoms with Gasteiger partial charge in [0.05, 0.1) is 13.7 Å². The van der Waals surface area contributed by atoms with E-state index in [-0.39, 0.29) is 25.7 Å². The van der Waals surface area contributed by atoms with Crippen molar-refractivity contribution in [3.8, 4) is 11.5 Å². The Bertz CT molecular complexity index is 476. The zero-order chi connectivity index (χ0) is 15.7. The van der Waals surface area contributed by atoms with Gasteiger partial charge >= 0.3 is 5.97 Å². The zero-order valence-electron chi connectivity index (χ0n) is 12.0. The van der Waals surface area contributed by atoms with Crippen LogP contribution in [0.5, 0.6) is 11.5 Å². The summed E-state index contributed by atoms with van der Waals surface area (Å²) >= 11 is 0. The van der Waals surface area contributed by atoms with Gasteiger partial charge in [-0.1, -0.05) is 12.1 Å². The Labute approximate surface area is 122 Å². The number of carbonyl (C=O) groups excluding carboxylic acids is 1. The summed E-state index contributed by atoms with van der Waals surface area (Å²) in [6, 6.07) is 7.00. The molecule has 1 unspecified atom stereocenters. The predicted octanol–water partition coefficient (Wildman–Crippen LogP) is 0.680. The third-order valence-electron chi connectivity index (χ3n) is 2.57. The molecule has 1 amide bonds. The number of carbonyl (C=O) groups is 2. The fourth-order valence-electron chi connectivity index (χ4n) is 1.43. The van der Waals surface area contributed by atoms with E-state index < -0.39 is 12.1 Å². The summed E-state index contributed by atoms with van der Waals surface area (Å²) < 4.78 is 15.4. The molecule has 1 aromatic carbocycles. The summed E-state index contributed by atoms with van der Waals surface area (Å²) in [7, 11) is 1.52. The molecule has 0 heterocycles. The van der Waals surface area contributed by atoms with Gasteiger partial charge in [-0.25, -0.2) is 4.79 Å². The number of amides is 1. The largest absolute Gasteiger partial charge is 0.493 e. The molecule has 21 heavy (non-hydrogen) atoms. The van der Waals surface area contributed by atoms with Gasteiger partial charge in [-0.3, -0.25) is 4.79 Å². The number of aliphatic carboxylic acids is 1. The summed E-state index contributed by atoms with van der Waals surface area (Å²) in [4.78, 5) is 22.0. The summed E-state index contributed by atoms with van der Waals surface area (Å²) in [5, 5.41) is 11.2. The first-order valence-corrected chi connectivity index (χ1v) is 6.41. The quantitative estimate of drug-likeness (QED) is 0.651. The molecule has 116 valence electrons. The monoisotopic (exact) mass is 297 g/mol. The number of carboxylic acids is 1. The van der Waals surface area contributed by atoms with Gasteiger partial charge in [-0.15, -0.1) is 0 Å². The number of hydrogen-bond donors (Lipinski definition) is 2. The second-order valence-corrected chi connectivity index (χ2v) is 4.14. The lowest BCUT2D eigenvalue weighted by atomic mass is 10.3. The second kappa shape index (κ2) is 8.80. The standard InChI is InChI=1S/C14H19NO6/c1-10(14(17)18)20-8-7-15-13(16)9-21-12-6-4-3-5-11(12)19-2/h3-6,10H,7-9H2,1-2H3,(H,15,16)(H,17,18). The van der Waals surface area contributed by atoms with Crippen molar-refractivity contribution >= 4 is 11.9 Å². The van der Waals surface area contributed by atoms with Crippen molar-refractivity contribution in [2.75, 3.05) is 26.9 Å². The molecule has 0 bridgehead atoms. The number of ether oxygens (including phenoxy) is 3. The zero-order valence-corrected chi connectivity index (χ0v) is 12.0. The molecule has 7 heteroatoms. The Morgan fingerprint density at radius 2 is 1.95 bits per heavy atom. The molecule has 2 N–H and O–H groups in total. The van der Waals surface area contributed by atoms with Crippen LogP contribution >= 0.6 is 0 Å². The van der Waals surface area contributed by atoms with Crippen LogP contribution in [0, 0.1) is 0 Å². The maximum Gasteiger partial charge on any atom is 0.332 e. The van der Waals surface area contributed by atoms with Crippen LogP contribution in [0.15, 0.2) is 24.3 Å². The first kappa shape index (κ1) is 16.8. The number of carboxylic acid groups (broad SMARTS) is 1. The number of benzene rings is 1. The maximum absolute atomic E-state index is 11.5. The molecule has 1 atom stereocenters. The van der Waals surface area contributed by atoms with Gasteiger partial charge in [-0.2, -0.15) is 0 Å². The van der Waals surface area contributed by atoms with E-state index in [0.29, 0.717) is 11.5 Å². The van der Waals surface area contributed by atoms with Crippen molar-refractivity contribution in [3.05, 3.63) is 24.3 Å². The molecule has 0 saturated carbocycles. The van der Waals surface area contributed by atoms with Crippen LogP contribution in [0.3, 0.4) is 0 Å². The van der Waals surface area contributed by atoms with Crippen molar-refractivity contribution in [2.24, 2.45) is 0 Å². The molecular formula is C14H19NO6. The van der Waals surface area contributed by atoms with E-state index in [1.54, 1.807) is 24.3 Å². The van der Waals surface area contributed by atoms with Crippen LogP contribution < -0.4 is 14.8 Å². The molecule has 0 aliphatic rings. The minimum Gasteiger partial charge on any atom is -0.493 e. The number of para-hydroxylation sites is 2. The highest BCUT2D eigenvalue weighted by molar-refractivity contribution is 5.77. The first-order valence-electron chi connectivity index (χ1n) is 6.41. The van der Waals surface area contributed by atoms with Crippen LogP contribution in [0.4, 0.5) is 0 Å². The fraction of sp³-hybridized carbons (Fsp3) is 0.429. The van der Waals surface area contributed by atoms with Crippen molar-refractivity contribution in [1.82, 2.24) is 5.32 Å². The van der Waals surface area contributed by atoms with Gasteiger partial charge < -0.3 is 24.6 Å². The van der Waals surface area contributed by atoms with E-state index in [2.05, 4.69) is 5.32 Å². The smallest absolute Gasteiger partial charge is 0.332 e. The molecule has 0 radical (unpaired) electrons. The van der Waals surface area contributed by atoms with Gasteiger partial charge in [0.15, 0.2) is 24.2 Å². The number of rotatable bonds is 9. The number of methoxy groups -OCH3 is 1. The molecule has 1 aromatic rings. The fourth-order valence-corrected chi connectivity index (χ4v) is 1.43. The Morgan fingerprint density at radius 1 is 1.29 bits per heavy atom. The molecular weight excluding hydrogens is 278 g/mol. The highest BCUT2D eigenvalue weighted by Crippen LogP contribution is 2.25. The Hall–Kier alpha value is -2.28. The summed E-state index contributed by atoms with van der Waals surface area (Å²) in [6.45, 7) is 1.60. The van der Waals surface area contributed by atoms with Gasteiger partial charge in [-0.05, 0) is 19.1 Å². The van der Waals surface area contributed by atoms with Crippen molar-refractivity contribution in [3.63, 3.8) is 0 Å². The van der Waals surface area contributed by atoms with E-state index in [1.165, 1.54) is 14.0 Å². The van der Waals surface area contributed by atoms with Crippen LogP contribution in [-0.2, 0) is 14.3 Å². The Kier molecular flexibility index (Phi) is 7.03. The van der Waals surface area contributed by atoms with Gasteiger partial charge in [0.25, 0.3) is 5.91 Å². The van der Waals surface area contributed by atoms with Crippen molar-refractivity contribution in [1.29, 1.82) is 0 Å².